The molecule has 0 atom stereocenters. The summed E-state index contributed by atoms with van der Waals surface area (Å²) in [6.07, 6.45) is 9.67. The molecule has 0 N–H and O–H groups in total. The van der Waals surface area contributed by atoms with Crippen LogP contribution in [0.25, 0.3) is 0 Å². The number of Topliss-reactive ketones (excluding diaryl/α,β-unsaturated/α-hetero) is 1. The zero-order valence-corrected chi connectivity index (χ0v) is 11.3. The van der Waals surface area contributed by atoms with Gasteiger partial charge in [0.25, 0.3) is 0 Å². The van der Waals surface area contributed by atoms with Gasteiger partial charge in [-0.2, -0.15) is 0 Å². The van der Waals surface area contributed by atoms with Crippen molar-refractivity contribution < 1.29 is 19.0 Å². The SMILES string of the molecule is COc1cc(OC)c2c(c1)O/C(=C\C1C=CC=C1)C2=O. The van der Waals surface area contributed by atoms with Crippen LogP contribution < -0.4 is 14.2 Å². The van der Waals surface area contributed by atoms with Crippen LogP contribution in [0.2, 0.25) is 0 Å². The second-order valence-electron chi connectivity index (χ2n) is 4.51. The average molecular weight is 270 g/mol. The molecule has 0 unspecified atom stereocenters. The van der Waals surface area contributed by atoms with E-state index in [1.807, 2.05) is 24.3 Å². The van der Waals surface area contributed by atoms with Gasteiger partial charge in [0.2, 0.25) is 5.78 Å². The van der Waals surface area contributed by atoms with Gasteiger partial charge >= 0.3 is 0 Å². The van der Waals surface area contributed by atoms with E-state index in [9.17, 15) is 4.79 Å². The monoisotopic (exact) mass is 270 g/mol. The Morgan fingerprint density at radius 1 is 1.15 bits per heavy atom. The van der Waals surface area contributed by atoms with Crippen LogP contribution in [0.15, 0.2) is 48.3 Å². The van der Waals surface area contributed by atoms with Crippen molar-refractivity contribution in [2.24, 2.45) is 5.92 Å². The van der Waals surface area contributed by atoms with Gasteiger partial charge < -0.3 is 14.2 Å². The van der Waals surface area contributed by atoms with Crippen LogP contribution in [0.5, 0.6) is 17.2 Å². The lowest BCUT2D eigenvalue weighted by Gasteiger charge is -2.07. The van der Waals surface area contributed by atoms with Crippen LogP contribution in [-0.2, 0) is 0 Å². The van der Waals surface area contributed by atoms with Crippen molar-refractivity contribution in [3.8, 4) is 17.2 Å². The minimum atomic E-state index is -0.159. The Balaban J connectivity index is 2.01. The molecule has 0 amide bonds. The van der Waals surface area contributed by atoms with Gasteiger partial charge in [-0.05, 0) is 6.08 Å². The van der Waals surface area contributed by atoms with E-state index in [2.05, 4.69) is 0 Å². The van der Waals surface area contributed by atoms with Gasteiger partial charge in [-0.3, -0.25) is 4.79 Å². The fourth-order valence-corrected chi connectivity index (χ4v) is 2.28. The number of carbonyl (C=O) groups excluding carboxylic acids is 1. The minimum Gasteiger partial charge on any atom is -0.496 e. The Morgan fingerprint density at radius 2 is 1.90 bits per heavy atom. The van der Waals surface area contributed by atoms with Crippen molar-refractivity contribution >= 4 is 5.78 Å². The standard InChI is InChI=1S/C16H14O4/c1-18-11-8-12(19-2)15-13(9-11)20-14(16(15)17)7-10-5-3-4-6-10/h3-10H,1-2H3/b14-7-. The first kappa shape index (κ1) is 12.5. The van der Waals surface area contributed by atoms with Crippen molar-refractivity contribution in [2.75, 3.05) is 14.2 Å². The highest BCUT2D eigenvalue weighted by Gasteiger charge is 2.32. The molecule has 0 aromatic heterocycles. The van der Waals surface area contributed by atoms with E-state index in [-0.39, 0.29) is 11.7 Å². The summed E-state index contributed by atoms with van der Waals surface area (Å²) in [5.74, 6) is 1.79. The van der Waals surface area contributed by atoms with Crippen LogP contribution in [0, 0.1) is 5.92 Å². The number of allylic oxidation sites excluding steroid dienone is 6. The van der Waals surface area contributed by atoms with Gasteiger partial charge in [0.1, 0.15) is 22.8 Å². The molecular weight excluding hydrogens is 256 g/mol. The van der Waals surface area contributed by atoms with E-state index < -0.39 is 0 Å². The van der Waals surface area contributed by atoms with E-state index in [4.69, 9.17) is 14.2 Å². The zero-order chi connectivity index (χ0) is 14.1. The molecule has 4 heteroatoms. The molecule has 1 aromatic carbocycles. The molecule has 4 nitrogen and oxygen atoms in total. The molecule has 0 saturated heterocycles. The van der Waals surface area contributed by atoms with Crippen molar-refractivity contribution in [3.63, 3.8) is 0 Å². The summed E-state index contributed by atoms with van der Waals surface area (Å²) in [6, 6.07) is 3.37. The Labute approximate surface area is 117 Å². The van der Waals surface area contributed by atoms with E-state index in [1.165, 1.54) is 7.11 Å². The third kappa shape index (κ3) is 1.99. The third-order valence-corrected chi connectivity index (χ3v) is 3.29. The second-order valence-corrected chi connectivity index (χ2v) is 4.51. The molecule has 0 bridgehead atoms. The number of rotatable bonds is 3. The number of ketones is 1. The first-order valence-electron chi connectivity index (χ1n) is 6.28. The number of hydrogen-bond donors (Lipinski definition) is 0. The summed E-state index contributed by atoms with van der Waals surface area (Å²) in [5, 5.41) is 0. The lowest BCUT2D eigenvalue weighted by molar-refractivity contribution is 0.101. The molecule has 20 heavy (non-hydrogen) atoms. The van der Waals surface area contributed by atoms with Crippen LogP contribution in [-0.4, -0.2) is 20.0 Å². The van der Waals surface area contributed by atoms with E-state index in [1.54, 1.807) is 25.3 Å². The van der Waals surface area contributed by atoms with Gasteiger partial charge in [-0.25, -0.2) is 0 Å². The van der Waals surface area contributed by atoms with Crippen LogP contribution in [0.4, 0.5) is 0 Å². The van der Waals surface area contributed by atoms with Crippen LogP contribution >= 0.6 is 0 Å². The van der Waals surface area contributed by atoms with E-state index in [0.29, 0.717) is 28.6 Å². The summed E-state index contributed by atoms with van der Waals surface area (Å²) in [4.78, 5) is 12.4. The number of ether oxygens (including phenoxy) is 3. The maximum Gasteiger partial charge on any atom is 0.235 e. The molecule has 3 rings (SSSR count). The number of fused-ring (bicyclic) bond motifs is 1. The highest BCUT2D eigenvalue weighted by atomic mass is 16.5. The molecule has 1 aliphatic heterocycles. The first-order valence-corrected chi connectivity index (χ1v) is 6.28. The molecule has 1 heterocycles. The molecule has 102 valence electrons. The Bertz CT molecular complexity index is 641. The predicted molar refractivity (Wildman–Crippen MR) is 74.4 cm³/mol. The molecule has 0 fully saturated rings. The number of methoxy groups -OCH3 is 2. The minimum absolute atomic E-state index is 0.0937. The largest absolute Gasteiger partial charge is 0.496 e. The first-order chi connectivity index (χ1) is 9.72. The van der Waals surface area contributed by atoms with Crippen molar-refractivity contribution in [1.82, 2.24) is 0 Å². The summed E-state index contributed by atoms with van der Waals surface area (Å²) in [7, 11) is 3.08. The molecular formula is C16H14O4. The Hall–Kier alpha value is -2.49. The van der Waals surface area contributed by atoms with E-state index >= 15 is 0 Å². The summed E-state index contributed by atoms with van der Waals surface area (Å²) in [5.41, 5.74) is 0.450. The van der Waals surface area contributed by atoms with Gasteiger partial charge in [-0.1, -0.05) is 24.3 Å². The van der Waals surface area contributed by atoms with Crippen molar-refractivity contribution in [3.05, 3.63) is 53.8 Å². The fourth-order valence-electron chi connectivity index (χ4n) is 2.28. The van der Waals surface area contributed by atoms with Gasteiger partial charge in [0, 0.05) is 18.1 Å². The predicted octanol–water partition coefficient (Wildman–Crippen LogP) is 2.91. The Kier molecular flexibility index (Phi) is 3.06. The third-order valence-electron chi connectivity index (χ3n) is 3.29. The summed E-state index contributed by atoms with van der Waals surface area (Å²) >= 11 is 0. The second kappa shape index (κ2) is 4.89. The average Bonchev–Trinajstić information content (AvgIpc) is 3.07. The fraction of sp³-hybridized carbons (Fsp3) is 0.188. The maximum atomic E-state index is 12.4. The smallest absolute Gasteiger partial charge is 0.235 e. The zero-order valence-electron chi connectivity index (χ0n) is 11.3. The van der Waals surface area contributed by atoms with Crippen LogP contribution in [0.3, 0.4) is 0 Å². The molecule has 1 aromatic rings. The highest BCUT2D eigenvalue weighted by molar-refractivity contribution is 6.14. The Morgan fingerprint density at radius 3 is 2.55 bits per heavy atom. The molecule has 0 saturated carbocycles. The molecule has 0 spiro atoms. The lowest BCUT2D eigenvalue weighted by atomic mass is 10.1. The topological polar surface area (TPSA) is 44.8 Å². The van der Waals surface area contributed by atoms with Crippen molar-refractivity contribution in [1.29, 1.82) is 0 Å². The van der Waals surface area contributed by atoms with Crippen molar-refractivity contribution in [2.45, 2.75) is 0 Å². The lowest BCUT2D eigenvalue weighted by Crippen LogP contribution is -2.02. The van der Waals surface area contributed by atoms with E-state index in [0.717, 1.165) is 0 Å². The van der Waals surface area contributed by atoms with Gasteiger partial charge in [0.15, 0.2) is 5.76 Å². The number of hydrogen-bond acceptors (Lipinski definition) is 4. The summed E-state index contributed by atoms with van der Waals surface area (Å²) in [6.45, 7) is 0. The van der Waals surface area contributed by atoms with Gasteiger partial charge in [0.05, 0.1) is 14.2 Å². The maximum absolute atomic E-state index is 12.4. The quantitative estimate of drug-likeness (QED) is 0.792. The normalized spacial score (nSPS) is 18.5. The number of carbonyl (C=O) groups is 1. The number of benzene rings is 1. The molecule has 0 radical (unpaired) electrons. The molecule has 2 aliphatic rings. The summed E-state index contributed by atoms with van der Waals surface area (Å²) < 4.78 is 16.1. The van der Waals surface area contributed by atoms with Crippen LogP contribution in [0.1, 0.15) is 10.4 Å². The van der Waals surface area contributed by atoms with Gasteiger partial charge in [-0.15, -0.1) is 0 Å². The highest BCUT2D eigenvalue weighted by Crippen LogP contribution is 2.41. The molecule has 1 aliphatic carbocycles.